The molecule has 0 amide bonds. The Kier molecular flexibility index (Phi) is 5.64. The van der Waals surface area contributed by atoms with Crippen LogP contribution in [0.3, 0.4) is 0 Å². The molecule has 0 spiro atoms. The number of rotatable bonds is 2. The van der Waals surface area contributed by atoms with Crippen LogP contribution in [0.5, 0.6) is 0 Å². The second-order valence-electron chi connectivity index (χ2n) is 2.62. The van der Waals surface area contributed by atoms with Crippen LogP contribution in [0.4, 0.5) is 0 Å². The third-order valence-corrected chi connectivity index (χ3v) is 1.30. The van der Waals surface area contributed by atoms with Crippen molar-refractivity contribution >= 4 is 0 Å². The summed E-state index contributed by atoms with van der Waals surface area (Å²) < 4.78 is 0. The maximum Gasteiger partial charge on any atom is 0.0158 e. The molecule has 0 saturated carbocycles. The quantitative estimate of drug-likeness (QED) is 0.633. The lowest BCUT2D eigenvalue weighted by Gasteiger charge is -2.32. The van der Waals surface area contributed by atoms with Crippen LogP contribution in [-0.4, -0.2) is 24.1 Å². The van der Waals surface area contributed by atoms with Crippen molar-refractivity contribution in [3.05, 3.63) is 0 Å². The number of nitrogens with one attached hydrogen (secondary N) is 1. The standard InChI is InChI=1S/C6H14N2.C2H6/c1-6(2)7-8-4-3-5-8;1-2/h6-7H,3-5H2,1-2H3;1-2H3. The lowest BCUT2D eigenvalue weighted by Crippen LogP contribution is -2.50. The molecule has 0 atom stereocenters. The second kappa shape index (κ2) is 5.69. The molecule has 2 heteroatoms. The summed E-state index contributed by atoms with van der Waals surface area (Å²) >= 11 is 0. The van der Waals surface area contributed by atoms with Gasteiger partial charge in [0.25, 0.3) is 0 Å². The minimum atomic E-state index is 0.607. The number of hydrogen-bond acceptors (Lipinski definition) is 2. The fourth-order valence-corrected chi connectivity index (χ4v) is 0.810. The van der Waals surface area contributed by atoms with Gasteiger partial charge in [0.05, 0.1) is 0 Å². The maximum absolute atomic E-state index is 3.31. The minimum absolute atomic E-state index is 0.607. The Balaban J connectivity index is 0.000000371. The van der Waals surface area contributed by atoms with Crippen LogP contribution >= 0.6 is 0 Å². The summed E-state index contributed by atoms with van der Waals surface area (Å²) in [6.07, 6.45) is 1.36. The van der Waals surface area contributed by atoms with Crippen molar-refractivity contribution in [1.82, 2.24) is 10.4 Å². The Morgan fingerprint density at radius 1 is 1.20 bits per heavy atom. The average molecular weight is 144 g/mol. The van der Waals surface area contributed by atoms with Crippen molar-refractivity contribution in [2.75, 3.05) is 13.1 Å². The topological polar surface area (TPSA) is 15.3 Å². The predicted molar refractivity (Wildman–Crippen MR) is 45.8 cm³/mol. The van der Waals surface area contributed by atoms with Gasteiger partial charge in [0, 0.05) is 19.1 Å². The van der Waals surface area contributed by atoms with Gasteiger partial charge in [0.2, 0.25) is 0 Å². The first-order valence-corrected chi connectivity index (χ1v) is 4.30. The smallest absolute Gasteiger partial charge is 0.0158 e. The highest BCUT2D eigenvalue weighted by Gasteiger charge is 2.12. The Hall–Kier alpha value is -0.0800. The molecule has 10 heavy (non-hydrogen) atoms. The third-order valence-electron chi connectivity index (χ3n) is 1.30. The van der Waals surface area contributed by atoms with E-state index in [0.29, 0.717) is 6.04 Å². The van der Waals surface area contributed by atoms with Crippen LogP contribution in [0.15, 0.2) is 0 Å². The summed E-state index contributed by atoms with van der Waals surface area (Å²) in [5.41, 5.74) is 3.31. The van der Waals surface area contributed by atoms with E-state index < -0.39 is 0 Å². The highest BCUT2D eigenvalue weighted by Crippen LogP contribution is 2.01. The molecule has 0 aromatic heterocycles. The Labute approximate surface area is 64.6 Å². The Bertz CT molecular complexity index is 67.7. The van der Waals surface area contributed by atoms with E-state index in [4.69, 9.17) is 0 Å². The summed E-state index contributed by atoms with van der Waals surface area (Å²) in [5, 5.41) is 2.25. The number of nitrogens with zero attached hydrogens (tertiary/aromatic N) is 1. The van der Waals surface area contributed by atoms with E-state index in [0.717, 1.165) is 0 Å². The van der Waals surface area contributed by atoms with Gasteiger partial charge in [0.15, 0.2) is 0 Å². The molecule has 1 saturated heterocycles. The number of hydrazine groups is 1. The lowest BCUT2D eigenvalue weighted by molar-refractivity contribution is 0.0935. The molecule has 1 fully saturated rings. The first kappa shape index (κ1) is 9.92. The molecule has 0 unspecified atom stereocenters. The van der Waals surface area contributed by atoms with E-state index in [2.05, 4.69) is 24.3 Å². The van der Waals surface area contributed by atoms with Crippen molar-refractivity contribution < 1.29 is 0 Å². The van der Waals surface area contributed by atoms with Gasteiger partial charge in [-0.3, -0.25) is 5.43 Å². The highest BCUT2D eigenvalue weighted by atomic mass is 15.5. The van der Waals surface area contributed by atoms with Gasteiger partial charge in [-0.2, -0.15) is 0 Å². The van der Waals surface area contributed by atoms with Gasteiger partial charge in [-0.25, -0.2) is 5.01 Å². The van der Waals surface area contributed by atoms with E-state index in [9.17, 15) is 0 Å². The SMILES string of the molecule is CC.CC(C)NN1CCC1. The Morgan fingerprint density at radius 2 is 1.70 bits per heavy atom. The second-order valence-corrected chi connectivity index (χ2v) is 2.62. The molecule has 1 rings (SSSR count). The average Bonchev–Trinajstić information content (AvgIpc) is 1.84. The molecule has 1 N–H and O–H groups in total. The fourth-order valence-electron chi connectivity index (χ4n) is 0.810. The minimum Gasteiger partial charge on any atom is -0.253 e. The molecular weight excluding hydrogens is 124 g/mol. The van der Waals surface area contributed by atoms with E-state index in [1.807, 2.05) is 13.8 Å². The van der Waals surface area contributed by atoms with Gasteiger partial charge >= 0.3 is 0 Å². The van der Waals surface area contributed by atoms with Gasteiger partial charge in [-0.05, 0) is 20.3 Å². The lowest BCUT2D eigenvalue weighted by atomic mass is 10.3. The van der Waals surface area contributed by atoms with Crippen LogP contribution < -0.4 is 5.43 Å². The fraction of sp³-hybridized carbons (Fsp3) is 1.00. The van der Waals surface area contributed by atoms with E-state index in [-0.39, 0.29) is 0 Å². The first-order chi connectivity index (χ1) is 4.79. The molecule has 0 bridgehead atoms. The van der Waals surface area contributed by atoms with E-state index in [1.165, 1.54) is 19.5 Å². The van der Waals surface area contributed by atoms with Gasteiger partial charge < -0.3 is 0 Å². The molecule has 0 radical (unpaired) electrons. The molecule has 1 aliphatic heterocycles. The van der Waals surface area contributed by atoms with Crippen LogP contribution in [0.1, 0.15) is 34.1 Å². The van der Waals surface area contributed by atoms with E-state index >= 15 is 0 Å². The highest BCUT2D eigenvalue weighted by molar-refractivity contribution is 4.64. The van der Waals surface area contributed by atoms with Crippen LogP contribution in [0.25, 0.3) is 0 Å². The molecule has 0 aliphatic carbocycles. The van der Waals surface area contributed by atoms with E-state index in [1.54, 1.807) is 0 Å². The summed E-state index contributed by atoms with van der Waals surface area (Å²) in [4.78, 5) is 0. The van der Waals surface area contributed by atoms with Crippen LogP contribution in [0, 0.1) is 0 Å². The molecule has 62 valence electrons. The van der Waals surface area contributed by atoms with Crippen LogP contribution in [-0.2, 0) is 0 Å². The largest absolute Gasteiger partial charge is 0.253 e. The third kappa shape index (κ3) is 3.85. The molecule has 2 nitrogen and oxygen atoms in total. The zero-order valence-electron chi connectivity index (χ0n) is 7.65. The van der Waals surface area contributed by atoms with Gasteiger partial charge in [0.1, 0.15) is 0 Å². The van der Waals surface area contributed by atoms with Crippen molar-refractivity contribution in [1.29, 1.82) is 0 Å². The number of hydrogen-bond donors (Lipinski definition) is 1. The van der Waals surface area contributed by atoms with Crippen molar-refractivity contribution in [2.45, 2.75) is 40.2 Å². The molecular formula is C8H20N2. The van der Waals surface area contributed by atoms with Crippen molar-refractivity contribution in [3.63, 3.8) is 0 Å². The normalized spacial score (nSPS) is 17.7. The molecule has 0 aromatic carbocycles. The van der Waals surface area contributed by atoms with Crippen LogP contribution in [0.2, 0.25) is 0 Å². The first-order valence-electron chi connectivity index (χ1n) is 4.30. The molecule has 0 aromatic rings. The monoisotopic (exact) mass is 144 g/mol. The Morgan fingerprint density at radius 3 is 1.80 bits per heavy atom. The van der Waals surface area contributed by atoms with Gasteiger partial charge in [-0.15, -0.1) is 0 Å². The summed E-state index contributed by atoms with van der Waals surface area (Å²) in [5.74, 6) is 0. The summed E-state index contributed by atoms with van der Waals surface area (Å²) in [6, 6.07) is 0.607. The zero-order valence-corrected chi connectivity index (χ0v) is 7.65. The predicted octanol–water partition coefficient (Wildman–Crippen LogP) is 1.63. The molecule has 1 aliphatic rings. The van der Waals surface area contributed by atoms with Crippen molar-refractivity contribution in [2.24, 2.45) is 0 Å². The summed E-state index contributed by atoms with van der Waals surface area (Å²) in [6.45, 7) is 10.8. The van der Waals surface area contributed by atoms with Crippen molar-refractivity contribution in [3.8, 4) is 0 Å². The molecule has 1 heterocycles. The maximum atomic E-state index is 3.31. The van der Waals surface area contributed by atoms with Gasteiger partial charge in [-0.1, -0.05) is 13.8 Å². The summed E-state index contributed by atoms with van der Waals surface area (Å²) in [7, 11) is 0. The zero-order chi connectivity index (χ0) is 7.98.